The van der Waals surface area contributed by atoms with Crippen molar-refractivity contribution in [2.24, 2.45) is 5.41 Å². The van der Waals surface area contributed by atoms with E-state index in [4.69, 9.17) is 0 Å². The molecule has 5 nitrogen and oxygen atoms in total. The Kier molecular flexibility index (Phi) is 5.11. The molecule has 0 aliphatic carbocycles. The van der Waals surface area contributed by atoms with Gasteiger partial charge in [0.05, 0.1) is 23.3 Å². The zero-order chi connectivity index (χ0) is 19.7. The van der Waals surface area contributed by atoms with Crippen LogP contribution in [-0.4, -0.2) is 25.0 Å². The van der Waals surface area contributed by atoms with Crippen LogP contribution in [0.3, 0.4) is 0 Å². The van der Waals surface area contributed by atoms with Gasteiger partial charge in [-0.3, -0.25) is 9.97 Å². The Balaban J connectivity index is 1.74. The van der Waals surface area contributed by atoms with Crippen molar-refractivity contribution in [3.8, 4) is 11.3 Å². The Bertz CT molecular complexity index is 893. The molecule has 0 bridgehead atoms. The molecule has 3 aromatic heterocycles. The highest BCUT2D eigenvalue weighted by atomic mass is 19.1. The van der Waals surface area contributed by atoms with Crippen LogP contribution in [0.15, 0.2) is 42.9 Å². The fraction of sp³-hybridized carbons (Fsp3) is 0.381. The largest absolute Gasteiger partial charge is 0.383 e. The molecule has 1 unspecified atom stereocenters. The van der Waals surface area contributed by atoms with Crippen molar-refractivity contribution in [2.75, 3.05) is 0 Å². The van der Waals surface area contributed by atoms with Crippen molar-refractivity contribution in [2.45, 2.75) is 46.1 Å². The molecule has 0 spiro atoms. The van der Waals surface area contributed by atoms with Gasteiger partial charge in [-0.25, -0.2) is 9.37 Å². The topological polar surface area (TPSA) is 74.7 Å². The molecule has 0 saturated carbocycles. The van der Waals surface area contributed by atoms with Crippen molar-refractivity contribution in [3.05, 3.63) is 65.9 Å². The fourth-order valence-corrected chi connectivity index (χ4v) is 2.96. The second kappa shape index (κ2) is 7.19. The molecule has 2 N–H and O–H groups in total. The van der Waals surface area contributed by atoms with Crippen LogP contribution in [-0.2, 0) is 18.4 Å². The van der Waals surface area contributed by atoms with E-state index in [9.17, 15) is 9.50 Å². The summed E-state index contributed by atoms with van der Waals surface area (Å²) in [5.41, 5.74) is 1.92. The predicted octanol–water partition coefficient (Wildman–Crippen LogP) is 4.04. The number of nitrogens with one attached hydrogen (secondary N) is 1. The van der Waals surface area contributed by atoms with E-state index in [0.29, 0.717) is 17.8 Å². The number of aromatic nitrogens is 4. The third-order valence-corrected chi connectivity index (χ3v) is 4.25. The van der Waals surface area contributed by atoms with Crippen LogP contribution in [0.4, 0.5) is 4.39 Å². The Morgan fingerprint density at radius 2 is 1.78 bits per heavy atom. The first-order chi connectivity index (χ1) is 12.6. The lowest BCUT2D eigenvalue weighted by atomic mass is 9.91. The first-order valence-electron chi connectivity index (χ1n) is 8.96. The highest BCUT2D eigenvalue weighted by molar-refractivity contribution is 5.57. The minimum Gasteiger partial charge on any atom is -0.383 e. The van der Waals surface area contributed by atoms with Gasteiger partial charge in [-0.2, -0.15) is 0 Å². The first kappa shape index (κ1) is 19.2. The summed E-state index contributed by atoms with van der Waals surface area (Å²) >= 11 is 0. The molecule has 1 atom stereocenters. The molecule has 0 radical (unpaired) electrons. The van der Waals surface area contributed by atoms with E-state index < -0.39 is 5.60 Å². The van der Waals surface area contributed by atoms with Crippen molar-refractivity contribution in [1.29, 1.82) is 0 Å². The van der Waals surface area contributed by atoms with E-state index >= 15 is 0 Å². The second-order valence-corrected chi connectivity index (χ2v) is 8.32. The van der Waals surface area contributed by atoms with E-state index in [-0.39, 0.29) is 11.2 Å². The quantitative estimate of drug-likeness (QED) is 0.713. The molecule has 3 heterocycles. The number of aliphatic hydroxyl groups is 1. The number of H-pyrrole nitrogens is 1. The van der Waals surface area contributed by atoms with Crippen LogP contribution >= 0.6 is 0 Å². The van der Waals surface area contributed by atoms with Gasteiger partial charge in [-0.15, -0.1) is 0 Å². The molecule has 3 aromatic rings. The van der Waals surface area contributed by atoms with Gasteiger partial charge in [-0.05, 0) is 43.0 Å². The van der Waals surface area contributed by atoms with Crippen LogP contribution < -0.4 is 0 Å². The maximum atomic E-state index is 13.0. The van der Waals surface area contributed by atoms with E-state index in [2.05, 4.69) is 40.7 Å². The number of hydrogen-bond acceptors (Lipinski definition) is 4. The predicted molar refractivity (Wildman–Crippen MR) is 102 cm³/mol. The normalized spacial score (nSPS) is 14.1. The summed E-state index contributed by atoms with van der Waals surface area (Å²) in [4.78, 5) is 16.2. The SMILES string of the molecule is CC(C)(C)Cc1c[nH]c(CC(C)(O)c2ccc(-c3ccc(F)cn3)cn2)n1. The molecular weight excluding hydrogens is 343 g/mol. The fourth-order valence-electron chi connectivity index (χ4n) is 2.96. The average Bonchev–Trinajstić information content (AvgIpc) is 3.00. The van der Waals surface area contributed by atoms with Gasteiger partial charge < -0.3 is 10.1 Å². The zero-order valence-electron chi connectivity index (χ0n) is 16.1. The van der Waals surface area contributed by atoms with Crippen LogP contribution in [0.1, 0.15) is 44.9 Å². The minimum atomic E-state index is -1.16. The molecule has 0 aliphatic heterocycles. The summed E-state index contributed by atoms with van der Waals surface area (Å²) < 4.78 is 13.0. The van der Waals surface area contributed by atoms with Gasteiger partial charge in [0.1, 0.15) is 17.2 Å². The van der Waals surface area contributed by atoms with Gasteiger partial charge in [0, 0.05) is 24.4 Å². The van der Waals surface area contributed by atoms with E-state index in [1.807, 2.05) is 12.3 Å². The lowest BCUT2D eigenvalue weighted by molar-refractivity contribution is 0.0511. The summed E-state index contributed by atoms with van der Waals surface area (Å²) in [7, 11) is 0. The minimum absolute atomic E-state index is 0.154. The summed E-state index contributed by atoms with van der Waals surface area (Å²) in [5.74, 6) is 0.348. The second-order valence-electron chi connectivity index (χ2n) is 8.32. The number of aromatic amines is 1. The first-order valence-corrected chi connectivity index (χ1v) is 8.96. The summed E-state index contributed by atoms with van der Waals surface area (Å²) in [6.45, 7) is 8.22. The molecule has 6 heteroatoms. The lowest BCUT2D eigenvalue weighted by Gasteiger charge is -2.21. The van der Waals surface area contributed by atoms with Gasteiger partial charge in [0.2, 0.25) is 0 Å². The molecule has 142 valence electrons. The van der Waals surface area contributed by atoms with Gasteiger partial charge >= 0.3 is 0 Å². The highest BCUT2D eigenvalue weighted by Crippen LogP contribution is 2.26. The third kappa shape index (κ3) is 4.98. The van der Waals surface area contributed by atoms with Crippen molar-refractivity contribution in [3.63, 3.8) is 0 Å². The van der Waals surface area contributed by atoms with Crippen molar-refractivity contribution in [1.82, 2.24) is 19.9 Å². The van der Waals surface area contributed by atoms with Gasteiger partial charge in [0.15, 0.2) is 0 Å². The molecule has 0 amide bonds. The van der Waals surface area contributed by atoms with Gasteiger partial charge in [0.25, 0.3) is 0 Å². The van der Waals surface area contributed by atoms with Crippen molar-refractivity contribution >= 4 is 0 Å². The summed E-state index contributed by atoms with van der Waals surface area (Å²) in [5, 5.41) is 10.9. The molecule has 27 heavy (non-hydrogen) atoms. The number of pyridine rings is 2. The molecular formula is C21H25FN4O. The van der Waals surface area contributed by atoms with Crippen LogP contribution in [0.5, 0.6) is 0 Å². The molecule has 0 fully saturated rings. The van der Waals surface area contributed by atoms with Crippen molar-refractivity contribution < 1.29 is 9.50 Å². The molecule has 0 saturated heterocycles. The van der Waals surface area contributed by atoms with Crippen LogP contribution in [0, 0.1) is 11.2 Å². The number of imidazole rings is 1. The van der Waals surface area contributed by atoms with E-state index in [1.165, 1.54) is 12.3 Å². The van der Waals surface area contributed by atoms with E-state index in [0.717, 1.165) is 23.5 Å². The lowest BCUT2D eigenvalue weighted by Crippen LogP contribution is -2.26. The standard InChI is InChI=1S/C21H25FN4O/c1-20(2,3)9-16-13-25-19(26-16)10-21(4,27)18-8-5-14(11-24-18)17-7-6-15(22)12-23-17/h5-8,11-13,27H,9-10H2,1-4H3,(H,25,26). The Labute approximate surface area is 158 Å². The average molecular weight is 368 g/mol. The molecule has 0 aliphatic rings. The third-order valence-electron chi connectivity index (χ3n) is 4.25. The summed E-state index contributed by atoms with van der Waals surface area (Å²) in [6.07, 6.45) is 5.90. The smallest absolute Gasteiger partial charge is 0.141 e. The zero-order valence-corrected chi connectivity index (χ0v) is 16.1. The molecule has 3 rings (SSSR count). The maximum Gasteiger partial charge on any atom is 0.141 e. The highest BCUT2D eigenvalue weighted by Gasteiger charge is 2.27. The number of rotatable bonds is 5. The number of hydrogen-bond donors (Lipinski definition) is 2. The van der Waals surface area contributed by atoms with E-state index in [1.54, 1.807) is 25.3 Å². The number of halogens is 1. The Morgan fingerprint density at radius 1 is 1.00 bits per heavy atom. The molecule has 0 aromatic carbocycles. The number of nitrogens with zero attached hydrogens (tertiary/aromatic N) is 3. The van der Waals surface area contributed by atoms with Crippen LogP contribution in [0.25, 0.3) is 11.3 Å². The van der Waals surface area contributed by atoms with Crippen LogP contribution in [0.2, 0.25) is 0 Å². The Morgan fingerprint density at radius 3 is 2.37 bits per heavy atom. The Hall–Kier alpha value is -2.60. The summed E-state index contributed by atoms with van der Waals surface area (Å²) in [6, 6.07) is 6.55. The van der Waals surface area contributed by atoms with Gasteiger partial charge in [-0.1, -0.05) is 20.8 Å². The monoisotopic (exact) mass is 368 g/mol. The maximum absolute atomic E-state index is 13.0.